The standard InChI is InChI=1S/C27H51NO13/c1-4-5-6-7-8-9-10-37-25-19(28-17(3)33)24(41-26-22(36)21(35)20(34)16(2)39-26)23(18(11-29)40-25)38-15-27(12-30,13-31)14-32/h16,18-26,29-32,34-36H,4-15H2,1-3H3,(H,28,33)/t16-,18+,19+,20+,21+,22-,23+,24+,25-,26-/m0/s1. The van der Waals surface area contributed by atoms with Crippen LogP contribution in [0, 0.1) is 5.41 Å². The molecule has 10 atom stereocenters. The number of hydrogen-bond donors (Lipinski definition) is 8. The highest BCUT2D eigenvalue weighted by Crippen LogP contribution is 2.32. The number of rotatable bonds is 18. The molecule has 0 saturated carbocycles. The van der Waals surface area contributed by atoms with Crippen molar-refractivity contribution in [3.8, 4) is 0 Å². The zero-order valence-corrected chi connectivity index (χ0v) is 24.3. The van der Waals surface area contributed by atoms with Gasteiger partial charge in [0.25, 0.3) is 0 Å². The second-order valence-corrected chi connectivity index (χ2v) is 11.1. The lowest BCUT2D eigenvalue weighted by atomic mass is 9.91. The van der Waals surface area contributed by atoms with E-state index in [1.165, 1.54) is 13.8 Å². The topological polar surface area (TPSA) is 217 Å². The van der Waals surface area contributed by atoms with Crippen LogP contribution in [0.2, 0.25) is 0 Å². The number of carbonyl (C=O) groups excluding carboxylic acids is 1. The summed E-state index contributed by atoms with van der Waals surface area (Å²) < 4.78 is 29.7. The Morgan fingerprint density at radius 1 is 0.829 bits per heavy atom. The van der Waals surface area contributed by atoms with E-state index in [0.717, 1.165) is 38.5 Å². The van der Waals surface area contributed by atoms with E-state index in [4.69, 9.17) is 23.7 Å². The van der Waals surface area contributed by atoms with Gasteiger partial charge in [-0.15, -0.1) is 0 Å². The van der Waals surface area contributed by atoms with Gasteiger partial charge in [0, 0.05) is 13.5 Å². The Bertz CT molecular complexity index is 734. The van der Waals surface area contributed by atoms with Crippen molar-refractivity contribution < 1.29 is 64.2 Å². The highest BCUT2D eigenvalue weighted by molar-refractivity contribution is 5.73. The molecule has 2 heterocycles. The maximum Gasteiger partial charge on any atom is 0.217 e. The Morgan fingerprint density at radius 2 is 1.46 bits per heavy atom. The van der Waals surface area contributed by atoms with E-state index >= 15 is 0 Å². The van der Waals surface area contributed by atoms with E-state index in [1.807, 2.05) is 0 Å². The van der Waals surface area contributed by atoms with Crippen molar-refractivity contribution in [2.75, 3.05) is 39.6 Å². The molecule has 14 heteroatoms. The molecule has 0 radical (unpaired) electrons. The van der Waals surface area contributed by atoms with Crippen LogP contribution >= 0.6 is 0 Å². The van der Waals surface area contributed by atoms with Gasteiger partial charge in [-0.1, -0.05) is 39.0 Å². The van der Waals surface area contributed by atoms with Crippen molar-refractivity contribution >= 4 is 5.91 Å². The number of amides is 1. The molecule has 1 amide bonds. The van der Waals surface area contributed by atoms with Gasteiger partial charge in [-0.05, 0) is 13.3 Å². The van der Waals surface area contributed by atoms with Crippen LogP contribution < -0.4 is 5.32 Å². The van der Waals surface area contributed by atoms with Gasteiger partial charge < -0.3 is 64.7 Å². The highest BCUT2D eigenvalue weighted by atomic mass is 16.7. The van der Waals surface area contributed by atoms with Crippen molar-refractivity contribution in [2.45, 2.75) is 121 Å². The van der Waals surface area contributed by atoms with Gasteiger partial charge in [0.05, 0.1) is 44.6 Å². The predicted molar refractivity (Wildman–Crippen MR) is 143 cm³/mol. The van der Waals surface area contributed by atoms with Crippen molar-refractivity contribution in [1.82, 2.24) is 5.32 Å². The monoisotopic (exact) mass is 597 g/mol. The average molecular weight is 598 g/mol. The summed E-state index contributed by atoms with van der Waals surface area (Å²) in [5.41, 5.74) is -1.44. The predicted octanol–water partition coefficient (Wildman–Crippen LogP) is -1.85. The first-order valence-electron chi connectivity index (χ1n) is 14.5. The smallest absolute Gasteiger partial charge is 0.217 e. The number of unbranched alkanes of at least 4 members (excludes halogenated alkanes) is 5. The summed E-state index contributed by atoms with van der Waals surface area (Å²) in [6.07, 6.45) is -5.57. The van der Waals surface area contributed by atoms with Gasteiger partial charge in [-0.25, -0.2) is 0 Å². The van der Waals surface area contributed by atoms with Crippen molar-refractivity contribution in [1.29, 1.82) is 0 Å². The number of aliphatic hydroxyl groups is 7. The minimum atomic E-state index is -1.68. The van der Waals surface area contributed by atoms with E-state index in [1.54, 1.807) is 0 Å². The largest absolute Gasteiger partial charge is 0.396 e. The van der Waals surface area contributed by atoms with Crippen LogP contribution in [0.3, 0.4) is 0 Å². The second kappa shape index (κ2) is 18.0. The fourth-order valence-corrected chi connectivity index (χ4v) is 4.87. The fourth-order valence-electron chi connectivity index (χ4n) is 4.87. The first-order chi connectivity index (χ1) is 19.6. The summed E-state index contributed by atoms with van der Waals surface area (Å²) in [5.74, 6) is -0.467. The SMILES string of the molecule is CCCCCCCCO[C@H]1O[C@H](CO)[C@@H](OCC(CO)(CO)CO)[C@H](O[C@@H]2O[C@@H](C)[C@@H](O)[C@@H](O)[C@@H]2O)[C@H]1NC(C)=O. The van der Waals surface area contributed by atoms with E-state index in [-0.39, 0.29) is 13.2 Å². The van der Waals surface area contributed by atoms with Gasteiger partial charge in [0.2, 0.25) is 5.91 Å². The van der Waals surface area contributed by atoms with Crippen LogP contribution in [0.1, 0.15) is 59.3 Å². The summed E-state index contributed by atoms with van der Waals surface area (Å²) >= 11 is 0. The maximum absolute atomic E-state index is 12.3. The summed E-state index contributed by atoms with van der Waals surface area (Å²) in [6, 6.07) is -1.05. The number of nitrogens with one attached hydrogen (secondary N) is 1. The second-order valence-electron chi connectivity index (χ2n) is 11.1. The molecule has 41 heavy (non-hydrogen) atoms. The molecule has 0 bridgehead atoms. The summed E-state index contributed by atoms with van der Waals surface area (Å²) in [6.45, 7) is 2.37. The van der Waals surface area contributed by atoms with Crippen LogP contribution in [-0.4, -0.2) is 143 Å². The molecule has 0 unspecified atom stereocenters. The molecular weight excluding hydrogens is 546 g/mol. The highest BCUT2D eigenvalue weighted by Gasteiger charge is 2.52. The normalized spacial score (nSPS) is 34.5. The van der Waals surface area contributed by atoms with Crippen molar-refractivity contribution in [3.05, 3.63) is 0 Å². The third-order valence-electron chi connectivity index (χ3n) is 7.66. The maximum atomic E-state index is 12.3. The number of ether oxygens (including phenoxy) is 5. The first kappa shape index (κ1) is 36.2. The quantitative estimate of drug-likeness (QED) is 0.0815. The van der Waals surface area contributed by atoms with Crippen molar-refractivity contribution in [3.63, 3.8) is 0 Å². The van der Waals surface area contributed by atoms with E-state index in [0.29, 0.717) is 0 Å². The van der Waals surface area contributed by atoms with Gasteiger partial charge >= 0.3 is 0 Å². The van der Waals surface area contributed by atoms with E-state index in [2.05, 4.69) is 12.2 Å². The zero-order valence-electron chi connectivity index (χ0n) is 24.3. The van der Waals surface area contributed by atoms with Crippen LogP contribution in [-0.2, 0) is 28.5 Å². The Kier molecular flexibility index (Phi) is 15.8. The van der Waals surface area contributed by atoms with Gasteiger partial charge in [0.15, 0.2) is 12.6 Å². The molecule has 2 aliphatic rings. The Labute approximate surface area is 241 Å². The number of aliphatic hydroxyl groups excluding tert-OH is 7. The fraction of sp³-hybridized carbons (Fsp3) is 0.963. The molecule has 0 spiro atoms. The van der Waals surface area contributed by atoms with Crippen molar-refractivity contribution in [2.24, 2.45) is 5.41 Å². The molecule has 0 aromatic carbocycles. The summed E-state index contributed by atoms with van der Waals surface area (Å²) in [5, 5.41) is 73.4. The molecule has 0 aromatic heterocycles. The molecule has 0 aromatic rings. The zero-order chi connectivity index (χ0) is 30.6. The summed E-state index contributed by atoms with van der Waals surface area (Å²) in [4.78, 5) is 12.3. The Morgan fingerprint density at radius 3 is 2.05 bits per heavy atom. The first-order valence-corrected chi connectivity index (χ1v) is 14.5. The van der Waals surface area contributed by atoms with E-state index in [9.17, 15) is 40.5 Å². The molecule has 8 N–H and O–H groups in total. The van der Waals surface area contributed by atoms with Crippen LogP contribution in [0.5, 0.6) is 0 Å². The van der Waals surface area contributed by atoms with Crippen LogP contribution in [0.4, 0.5) is 0 Å². The minimum Gasteiger partial charge on any atom is -0.396 e. The van der Waals surface area contributed by atoms with Gasteiger partial charge in [0.1, 0.15) is 42.7 Å². The third-order valence-corrected chi connectivity index (χ3v) is 7.66. The lowest BCUT2D eigenvalue weighted by Crippen LogP contribution is -2.68. The van der Waals surface area contributed by atoms with Gasteiger partial charge in [-0.3, -0.25) is 4.79 Å². The molecule has 2 rings (SSSR count). The third kappa shape index (κ3) is 10.0. The minimum absolute atomic E-state index is 0.288. The Hall–Kier alpha value is -1.01. The van der Waals surface area contributed by atoms with Crippen LogP contribution in [0.25, 0.3) is 0 Å². The van der Waals surface area contributed by atoms with E-state index < -0.39 is 99.1 Å². The average Bonchev–Trinajstić information content (AvgIpc) is 2.96. The lowest BCUT2D eigenvalue weighted by Gasteiger charge is -2.49. The summed E-state index contributed by atoms with van der Waals surface area (Å²) in [7, 11) is 0. The molecule has 242 valence electrons. The van der Waals surface area contributed by atoms with Crippen LogP contribution in [0.15, 0.2) is 0 Å². The molecule has 0 aliphatic carbocycles. The Balaban J connectivity index is 2.34. The molecule has 2 saturated heterocycles. The molecule has 2 aliphatic heterocycles. The number of carbonyl (C=O) groups is 1. The van der Waals surface area contributed by atoms with Gasteiger partial charge in [-0.2, -0.15) is 0 Å². The lowest BCUT2D eigenvalue weighted by molar-refractivity contribution is -0.346. The molecule has 2 fully saturated rings. The molecule has 14 nitrogen and oxygen atoms in total. The molecular formula is C27H51NO13. The number of hydrogen-bond acceptors (Lipinski definition) is 13.